The van der Waals surface area contributed by atoms with Gasteiger partial charge in [-0.25, -0.2) is 13.8 Å². The molecule has 2 aromatic carbocycles. The molecule has 5 heterocycles. The monoisotopic (exact) mass is 723 g/mol. The first kappa shape index (κ1) is 35.5. The zero-order chi connectivity index (χ0) is 37.3. The lowest BCUT2D eigenvalue weighted by Crippen LogP contribution is -2.49. The number of anilines is 1. The number of nitrogens with zero attached hydrogens (tertiary/aromatic N) is 6. The summed E-state index contributed by atoms with van der Waals surface area (Å²) in [6.45, 7) is 6.55. The molecule has 276 valence electrons. The highest BCUT2D eigenvalue weighted by molar-refractivity contribution is 6.04. The molecule has 0 saturated carbocycles. The summed E-state index contributed by atoms with van der Waals surface area (Å²) in [5, 5.41) is 12.2. The van der Waals surface area contributed by atoms with Gasteiger partial charge >= 0.3 is 0 Å². The Hall–Kier alpha value is -5.94. The van der Waals surface area contributed by atoms with E-state index in [1.165, 1.54) is 13.2 Å². The number of carbonyl (C=O) groups excluding carboxylic acids is 2. The predicted octanol–water partition coefficient (Wildman–Crippen LogP) is 5.33. The van der Waals surface area contributed by atoms with Crippen LogP contribution in [0.2, 0.25) is 0 Å². The van der Waals surface area contributed by atoms with Gasteiger partial charge in [-0.15, -0.1) is 5.53 Å². The molecule has 0 unspecified atom stereocenters. The number of aromatic nitrogens is 2. The summed E-state index contributed by atoms with van der Waals surface area (Å²) in [4.78, 5) is 40.0. The highest BCUT2D eigenvalue weighted by Crippen LogP contribution is 2.38. The smallest absolute Gasteiger partial charge is 0.270 e. The standard InChI is InChI=1S/C39H41F2N9O3.H2/c1-39(2,24-42)27-8-4-6-25(18-27)29-20-30(26-7-5-11-49(23-26)34(51)9-12-50-13-10-44-46-50)35(41)36-31(29)21-32(45-36)38(52)48-16-14-47(15-17-48)37-33(53-3)19-28(40)22-43-37;/h4,6-8,10,13,18-22,44-46H,5,9,11-12,14-17,23H2,1-3H3;1H. The van der Waals surface area contributed by atoms with Gasteiger partial charge in [-0.2, -0.15) is 5.26 Å². The van der Waals surface area contributed by atoms with Crippen LogP contribution in [0.15, 0.2) is 67.1 Å². The number of carbonyl (C=O) groups is 2. The van der Waals surface area contributed by atoms with Crippen molar-refractivity contribution in [2.24, 2.45) is 0 Å². The van der Waals surface area contributed by atoms with Crippen LogP contribution in [-0.4, -0.2) is 89.5 Å². The lowest BCUT2D eigenvalue weighted by atomic mass is 9.84. The molecule has 14 heteroatoms. The van der Waals surface area contributed by atoms with Gasteiger partial charge in [0.15, 0.2) is 17.4 Å². The van der Waals surface area contributed by atoms with Crippen molar-refractivity contribution < 1.29 is 24.5 Å². The second-order valence-electron chi connectivity index (χ2n) is 13.9. The molecule has 4 aromatic rings. The van der Waals surface area contributed by atoms with Gasteiger partial charge in [-0.05, 0) is 60.7 Å². The molecule has 0 bridgehead atoms. The van der Waals surface area contributed by atoms with E-state index in [4.69, 9.17) is 4.74 Å². The molecule has 1 saturated heterocycles. The van der Waals surface area contributed by atoms with Crippen molar-refractivity contribution in [2.45, 2.75) is 32.1 Å². The Balaban J connectivity index is 0.00000497. The Morgan fingerprint density at radius 3 is 2.60 bits per heavy atom. The minimum atomic E-state index is -0.768. The first-order valence-corrected chi connectivity index (χ1v) is 17.6. The molecule has 0 aliphatic carbocycles. The molecule has 0 spiro atoms. The van der Waals surface area contributed by atoms with Crippen LogP contribution in [0.25, 0.3) is 27.6 Å². The molecule has 0 atom stereocenters. The van der Waals surface area contributed by atoms with Crippen LogP contribution < -0.4 is 20.6 Å². The van der Waals surface area contributed by atoms with Crippen molar-refractivity contribution in [1.29, 1.82) is 5.26 Å². The Labute approximate surface area is 307 Å². The van der Waals surface area contributed by atoms with Crippen LogP contribution in [0.3, 0.4) is 0 Å². The number of aromatic amines is 1. The van der Waals surface area contributed by atoms with Crippen LogP contribution in [-0.2, 0) is 10.2 Å². The van der Waals surface area contributed by atoms with Crippen molar-refractivity contribution in [1.82, 2.24) is 35.7 Å². The molecule has 2 amide bonds. The largest absolute Gasteiger partial charge is 0.493 e. The number of fused-ring (bicyclic) bond motifs is 1. The second kappa shape index (κ2) is 14.6. The highest BCUT2D eigenvalue weighted by atomic mass is 19.1. The molecule has 3 aliphatic heterocycles. The fraction of sp³-hybridized carbons (Fsp3) is 0.333. The number of benzene rings is 2. The van der Waals surface area contributed by atoms with Crippen LogP contribution in [0, 0.1) is 23.0 Å². The maximum Gasteiger partial charge on any atom is 0.270 e. The minimum Gasteiger partial charge on any atom is -0.493 e. The second-order valence-corrected chi connectivity index (χ2v) is 13.9. The van der Waals surface area contributed by atoms with E-state index in [-0.39, 0.29) is 37.4 Å². The quantitative estimate of drug-likeness (QED) is 0.210. The van der Waals surface area contributed by atoms with Gasteiger partial charge in [0, 0.05) is 83.1 Å². The number of H-pyrrole nitrogens is 1. The van der Waals surface area contributed by atoms with E-state index in [1.807, 2.05) is 55.3 Å². The Kier molecular flexibility index (Phi) is 9.76. The van der Waals surface area contributed by atoms with Gasteiger partial charge in [-0.1, -0.05) is 24.3 Å². The molecule has 1 fully saturated rings. The molecular weight excluding hydrogens is 680 g/mol. The molecule has 7 rings (SSSR count). The molecule has 2 aromatic heterocycles. The first-order chi connectivity index (χ1) is 25.6. The summed E-state index contributed by atoms with van der Waals surface area (Å²) < 4.78 is 35.9. The normalized spacial score (nSPS) is 16.1. The van der Waals surface area contributed by atoms with Crippen LogP contribution in [0.4, 0.5) is 14.6 Å². The van der Waals surface area contributed by atoms with Gasteiger partial charge in [0.2, 0.25) is 5.91 Å². The van der Waals surface area contributed by atoms with Crippen molar-refractivity contribution in [3.8, 4) is 22.9 Å². The third-order valence-electron chi connectivity index (χ3n) is 10.1. The van der Waals surface area contributed by atoms with E-state index in [0.717, 1.165) is 17.3 Å². The summed E-state index contributed by atoms with van der Waals surface area (Å²) in [6.07, 6.45) is 7.52. The van der Waals surface area contributed by atoms with Gasteiger partial charge in [0.25, 0.3) is 5.91 Å². The predicted molar refractivity (Wildman–Crippen MR) is 199 cm³/mol. The number of hydrogen-bond donors (Lipinski definition) is 3. The zero-order valence-electron chi connectivity index (χ0n) is 29.9. The molecular formula is C39H43F2N9O3. The number of nitrogens with one attached hydrogen (secondary N) is 3. The van der Waals surface area contributed by atoms with Gasteiger partial charge in [-0.3, -0.25) is 14.6 Å². The van der Waals surface area contributed by atoms with Gasteiger partial charge in [0.05, 0.1) is 30.3 Å². The lowest BCUT2D eigenvalue weighted by molar-refractivity contribution is -0.131. The SMILES string of the molecule is COc1cc(F)cnc1N1CCN(C(=O)c2cc3c(-c4cccc(C(C)(C)C#N)c4)cc(C4=CCCN(C(=O)CCN5C=CNN5)C4)c(F)c3[nH]2)CC1.[HH]. The number of nitriles is 1. The summed E-state index contributed by atoms with van der Waals surface area (Å²) in [5.41, 5.74) is 8.75. The lowest BCUT2D eigenvalue weighted by Gasteiger charge is -2.35. The summed E-state index contributed by atoms with van der Waals surface area (Å²) >= 11 is 0. The number of ether oxygens (including phenoxy) is 1. The van der Waals surface area contributed by atoms with Crippen molar-refractivity contribution >= 4 is 34.1 Å². The summed E-state index contributed by atoms with van der Waals surface area (Å²) in [7, 11) is 1.46. The van der Waals surface area contributed by atoms with E-state index in [0.29, 0.717) is 79.3 Å². The Morgan fingerprint density at radius 2 is 1.87 bits per heavy atom. The highest BCUT2D eigenvalue weighted by Gasteiger charge is 2.29. The number of amides is 2. The Morgan fingerprint density at radius 1 is 1.06 bits per heavy atom. The number of hydrazine groups is 2. The number of piperazine rings is 1. The number of hydrogen-bond acceptors (Lipinski definition) is 9. The van der Waals surface area contributed by atoms with Crippen molar-refractivity contribution in [3.63, 3.8) is 0 Å². The van der Waals surface area contributed by atoms with E-state index < -0.39 is 17.0 Å². The maximum atomic E-state index is 16.8. The van der Waals surface area contributed by atoms with Gasteiger partial charge < -0.3 is 29.8 Å². The van der Waals surface area contributed by atoms with Crippen molar-refractivity contribution in [3.05, 3.63) is 95.6 Å². The average molecular weight is 724 g/mol. The van der Waals surface area contributed by atoms with E-state index in [9.17, 15) is 19.2 Å². The van der Waals surface area contributed by atoms with E-state index in [1.54, 1.807) is 33.1 Å². The fourth-order valence-corrected chi connectivity index (χ4v) is 7.02. The van der Waals surface area contributed by atoms with Crippen LogP contribution in [0.5, 0.6) is 5.75 Å². The van der Waals surface area contributed by atoms with E-state index >= 15 is 4.39 Å². The van der Waals surface area contributed by atoms with E-state index in [2.05, 4.69) is 27.0 Å². The van der Waals surface area contributed by atoms with Crippen LogP contribution >= 0.6 is 0 Å². The maximum absolute atomic E-state index is 16.8. The topological polar surface area (TPSA) is 133 Å². The average Bonchev–Trinajstić information content (AvgIpc) is 3.88. The fourth-order valence-electron chi connectivity index (χ4n) is 7.02. The first-order valence-electron chi connectivity index (χ1n) is 17.6. The van der Waals surface area contributed by atoms with Crippen LogP contribution in [0.1, 0.15) is 49.7 Å². The number of rotatable bonds is 9. The minimum absolute atomic E-state index is 0. The molecule has 12 nitrogen and oxygen atoms in total. The zero-order valence-corrected chi connectivity index (χ0v) is 29.9. The summed E-state index contributed by atoms with van der Waals surface area (Å²) in [5.74, 6) is -0.502. The molecule has 3 N–H and O–H groups in total. The number of pyridine rings is 1. The number of methoxy groups -OCH3 is 1. The van der Waals surface area contributed by atoms with Crippen molar-refractivity contribution in [2.75, 3.05) is 57.8 Å². The molecule has 3 aliphatic rings. The third-order valence-corrected chi connectivity index (χ3v) is 10.1. The Bertz CT molecular complexity index is 2170. The molecule has 0 radical (unpaired) electrons. The molecule has 53 heavy (non-hydrogen) atoms. The number of halogens is 2. The third kappa shape index (κ3) is 7.12. The van der Waals surface area contributed by atoms with Gasteiger partial charge in [0.1, 0.15) is 11.5 Å². The summed E-state index contributed by atoms with van der Waals surface area (Å²) in [6, 6.07) is 14.8.